The quantitative estimate of drug-likeness (QED) is 0.293. The molecule has 0 atom stereocenters. The zero-order chi connectivity index (χ0) is 16.2. The van der Waals surface area contributed by atoms with Crippen LogP contribution in [-0.2, 0) is 9.53 Å². The molecule has 24 heavy (non-hydrogen) atoms. The fourth-order valence-electron chi connectivity index (χ4n) is 3.84. The van der Waals surface area contributed by atoms with E-state index in [4.69, 9.17) is 9.73 Å². The van der Waals surface area contributed by atoms with E-state index in [2.05, 4.69) is 17.1 Å². The second kappa shape index (κ2) is 9.25. The summed E-state index contributed by atoms with van der Waals surface area (Å²) in [6, 6.07) is 0. The van der Waals surface area contributed by atoms with Crippen molar-refractivity contribution < 1.29 is 9.53 Å². The predicted molar refractivity (Wildman–Crippen MR) is 107 cm³/mol. The lowest BCUT2D eigenvalue weighted by molar-refractivity contribution is -0.146. The number of carbonyl (C=O) groups is 1. The van der Waals surface area contributed by atoms with E-state index in [1.165, 1.54) is 32.8 Å². The van der Waals surface area contributed by atoms with Gasteiger partial charge in [-0.05, 0) is 63.2 Å². The Labute approximate surface area is 163 Å². The fraction of sp³-hybridized carbons (Fsp3) is 0.889. The number of likely N-dealkylation sites (tertiary alicyclic amines) is 1. The van der Waals surface area contributed by atoms with Crippen LogP contribution >= 0.6 is 24.0 Å². The first kappa shape index (κ1) is 19.8. The van der Waals surface area contributed by atoms with Gasteiger partial charge < -0.3 is 15.0 Å². The minimum Gasteiger partial charge on any atom is -0.469 e. The topological polar surface area (TPSA) is 53.9 Å². The number of guanidine groups is 1. The van der Waals surface area contributed by atoms with Gasteiger partial charge >= 0.3 is 5.97 Å². The van der Waals surface area contributed by atoms with Crippen molar-refractivity contribution in [2.24, 2.45) is 28.7 Å². The second-order valence-corrected chi connectivity index (χ2v) is 7.32. The van der Waals surface area contributed by atoms with Gasteiger partial charge in [0, 0.05) is 26.2 Å². The van der Waals surface area contributed by atoms with Gasteiger partial charge in [0.15, 0.2) is 5.96 Å². The number of piperidine rings is 1. The van der Waals surface area contributed by atoms with Gasteiger partial charge in [-0.2, -0.15) is 0 Å². The van der Waals surface area contributed by atoms with Crippen LogP contribution < -0.4 is 5.32 Å². The molecule has 6 heteroatoms. The van der Waals surface area contributed by atoms with E-state index < -0.39 is 0 Å². The minimum atomic E-state index is -0.0610. The van der Waals surface area contributed by atoms with Crippen molar-refractivity contribution >= 4 is 35.9 Å². The van der Waals surface area contributed by atoms with E-state index >= 15 is 0 Å². The molecule has 1 heterocycles. The Hall–Kier alpha value is -0.530. The Kier molecular flexibility index (Phi) is 7.62. The molecule has 1 aliphatic heterocycles. The Morgan fingerprint density at radius 3 is 2.21 bits per heavy atom. The highest BCUT2D eigenvalue weighted by Gasteiger charge is 2.41. The first-order valence-electron chi connectivity index (χ1n) is 9.34. The molecule has 0 aromatic heterocycles. The summed E-state index contributed by atoms with van der Waals surface area (Å²) in [6.07, 6.45) is 7.39. The maximum atomic E-state index is 11.7. The lowest BCUT2D eigenvalue weighted by atomic mass is 9.97. The van der Waals surface area contributed by atoms with Crippen LogP contribution in [0, 0.1) is 23.7 Å². The molecule has 0 aromatic rings. The number of nitrogens with one attached hydrogen (secondary N) is 1. The summed E-state index contributed by atoms with van der Waals surface area (Å²) < 4.78 is 4.88. The van der Waals surface area contributed by atoms with Crippen LogP contribution in [0.3, 0.4) is 0 Å². The molecular weight excluding hydrogens is 417 g/mol. The van der Waals surface area contributed by atoms with Crippen LogP contribution in [0.15, 0.2) is 4.99 Å². The van der Waals surface area contributed by atoms with Crippen LogP contribution in [-0.4, -0.2) is 50.1 Å². The molecule has 0 radical (unpaired) electrons. The largest absolute Gasteiger partial charge is 0.469 e. The normalized spacial score (nSPS) is 22.3. The Bertz CT molecular complexity index is 430. The number of hydrogen-bond donors (Lipinski definition) is 1. The van der Waals surface area contributed by atoms with E-state index in [9.17, 15) is 4.79 Å². The van der Waals surface area contributed by atoms with Crippen molar-refractivity contribution in [3.05, 3.63) is 0 Å². The third-order valence-corrected chi connectivity index (χ3v) is 5.57. The van der Waals surface area contributed by atoms with Crippen LogP contribution in [0.5, 0.6) is 0 Å². The van der Waals surface area contributed by atoms with E-state index in [0.29, 0.717) is 0 Å². The molecule has 5 nitrogen and oxygen atoms in total. The van der Waals surface area contributed by atoms with Gasteiger partial charge in [-0.15, -0.1) is 24.0 Å². The van der Waals surface area contributed by atoms with Gasteiger partial charge in [-0.1, -0.05) is 0 Å². The van der Waals surface area contributed by atoms with Gasteiger partial charge in [-0.3, -0.25) is 9.79 Å². The van der Waals surface area contributed by atoms with Gasteiger partial charge in [0.25, 0.3) is 0 Å². The van der Waals surface area contributed by atoms with Crippen LogP contribution in [0.2, 0.25) is 0 Å². The fourth-order valence-corrected chi connectivity index (χ4v) is 3.84. The number of aliphatic imine (C=N–C) groups is 1. The molecule has 1 saturated heterocycles. The highest BCUT2D eigenvalue weighted by Crippen LogP contribution is 2.49. The molecule has 1 N–H and O–H groups in total. The molecule has 0 aromatic carbocycles. The maximum absolute atomic E-state index is 11.7. The van der Waals surface area contributed by atoms with E-state index in [-0.39, 0.29) is 35.9 Å². The number of nitrogens with zero attached hydrogens (tertiary/aromatic N) is 2. The van der Waals surface area contributed by atoms with E-state index in [0.717, 1.165) is 62.7 Å². The lowest BCUT2D eigenvalue weighted by Crippen LogP contribution is -2.47. The summed E-state index contributed by atoms with van der Waals surface area (Å²) >= 11 is 0. The number of esters is 1. The number of carbonyl (C=O) groups excluding carboxylic acids is 1. The predicted octanol–water partition coefficient (Wildman–Crippen LogP) is 2.89. The lowest BCUT2D eigenvalue weighted by Gasteiger charge is -2.33. The van der Waals surface area contributed by atoms with Crippen molar-refractivity contribution in [3.63, 3.8) is 0 Å². The molecule has 3 rings (SSSR count). The van der Waals surface area contributed by atoms with Crippen LogP contribution in [0.25, 0.3) is 0 Å². The zero-order valence-corrected chi connectivity index (χ0v) is 17.3. The highest BCUT2D eigenvalue weighted by atomic mass is 127. The smallest absolute Gasteiger partial charge is 0.308 e. The van der Waals surface area contributed by atoms with Crippen molar-refractivity contribution in [3.8, 4) is 0 Å². The molecular formula is C18H32IN3O2. The molecule has 3 fully saturated rings. The number of hydrogen-bond acceptors (Lipinski definition) is 3. The monoisotopic (exact) mass is 449 g/mol. The zero-order valence-electron chi connectivity index (χ0n) is 15.0. The van der Waals surface area contributed by atoms with E-state index in [1.807, 2.05) is 0 Å². The second-order valence-electron chi connectivity index (χ2n) is 7.32. The molecule has 0 bridgehead atoms. The van der Waals surface area contributed by atoms with Gasteiger partial charge in [0.2, 0.25) is 0 Å². The Morgan fingerprint density at radius 2 is 1.75 bits per heavy atom. The molecule has 0 unspecified atom stereocenters. The van der Waals surface area contributed by atoms with Crippen molar-refractivity contribution in [1.29, 1.82) is 0 Å². The first-order valence-corrected chi connectivity index (χ1v) is 9.34. The Balaban J connectivity index is 0.00000208. The van der Waals surface area contributed by atoms with Crippen molar-refractivity contribution in [1.82, 2.24) is 10.2 Å². The van der Waals surface area contributed by atoms with Crippen molar-refractivity contribution in [2.45, 2.75) is 45.4 Å². The first-order chi connectivity index (χ1) is 11.2. The number of rotatable bonds is 6. The molecule has 138 valence electrons. The number of methoxy groups -OCH3 is 1. The summed E-state index contributed by atoms with van der Waals surface area (Å²) in [5.41, 5.74) is 0. The number of ether oxygens (including phenoxy) is 1. The molecule has 0 spiro atoms. The minimum absolute atomic E-state index is 0. The standard InChI is InChI=1S/C18H31N3O2.HI/c1-3-19-18(20-12-16(13-4-5-13)14-6-7-14)21-10-8-15(9-11-21)17(22)23-2;/h13-16H,3-12H2,1-2H3,(H,19,20);1H. The van der Waals surface area contributed by atoms with Crippen LogP contribution in [0.4, 0.5) is 0 Å². The van der Waals surface area contributed by atoms with Gasteiger partial charge in [-0.25, -0.2) is 0 Å². The summed E-state index contributed by atoms with van der Waals surface area (Å²) in [5.74, 6) is 3.75. The third-order valence-electron chi connectivity index (χ3n) is 5.57. The molecule has 0 amide bonds. The average molecular weight is 449 g/mol. The average Bonchev–Trinajstić information content (AvgIpc) is 3.47. The van der Waals surface area contributed by atoms with Crippen LogP contribution in [0.1, 0.15) is 45.4 Å². The van der Waals surface area contributed by atoms with E-state index in [1.54, 1.807) is 0 Å². The third kappa shape index (κ3) is 5.23. The summed E-state index contributed by atoms with van der Waals surface area (Å²) in [4.78, 5) is 18.9. The molecule has 2 aliphatic carbocycles. The molecule has 3 aliphatic rings. The van der Waals surface area contributed by atoms with Crippen molar-refractivity contribution in [2.75, 3.05) is 33.3 Å². The molecule has 2 saturated carbocycles. The Morgan fingerprint density at radius 1 is 1.17 bits per heavy atom. The summed E-state index contributed by atoms with van der Waals surface area (Å²) in [6.45, 7) is 5.78. The summed E-state index contributed by atoms with van der Waals surface area (Å²) in [7, 11) is 1.48. The van der Waals surface area contributed by atoms with Gasteiger partial charge in [0.05, 0.1) is 13.0 Å². The number of halogens is 1. The summed E-state index contributed by atoms with van der Waals surface area (Å²) in [5, 5.41) is 3.44. The highest BCUT2D eigenvalue weighted by molar-refractivity contribution is 14.0. The van der Waals surface area contributed by atoms with Gasteiger partial charge in [0.1, 0.15) is 0 Å². The maximum Gasteiger partial charge on any atom is 0.308 e. The SMILES string of the molecule is CCNC(=NCC(C1CC1)C1CC1)N1CCC(C(=O)OC)CC1.I.